The summed E-state index contributed by atoms with van der Waals surface area (Å²) in [4.78, 5) is 18.5. The Hall–Kier alpha value is -1.41. The highest BCUT2D eigenvalue weighted by Crippen LogP contribution is 2.44. The number of halogens is 1. The second kappa shape index (κ2) is 10.0. The van der Waals surface area contributed by atoms with Gasteiger partial charge in [-0.2, -0.15) is 0 Å². The molecule has 1 aromatic rings. The van der Waals surface area contributed by atoms with E-state index in [1.54, 1.807) is 4.90 Å². The number of amides is 1. The number of rotatable bonds is 5. The number of nitrogens with zero attached hydrogens (tertiary/aromatic N) is 2. The van der Waals surface area contributed by atoms with Gasteiger partial charge in [-0.3, -0.25) is 0 Å². The number of aromatic nitrogens is 1. The summed E-state index contributed by atoms with van der Waals surface area (Å²) in [5, 5.41) is 11.4. The van der Waals surface area contributed by atoms with Crippen LogP contribution in [0.4, 0.5) is 4.79 Å². The minimum Gasteiger partial charge on any atom is -0.444 e. The standard InChI is InChI=1S/C23H35ClN2O5/c1-22(2,3)31-21(28)26-12-10-23(4,11-13-26)19(27)17-9-8-16(25-20(17)24)15-30-18-7-5-6-14-29-18/h8-9,18-19,27H,5-7,10-15H2,1-4H3. The summed E-state index contributed by atoms with van der Waals surface area (Å²) in [5.74, 6) is 0. The van der Waals surface area contributed by atoms with Crippen LogP contribution < -0.4 is 0 Å². The molecule has 1 aromatic heterocycles. The van der Waals surface area contributed by atoms with E-state index in [-0.39, 0.29) is 17.5 Å². The third kappa shape index (κ3) is 6.54. The van der Waals surface area contributed by atoms with Gasteiger partial charge >= 0.3 is 6.09 Å². The van der Waals surface area contributed by atoms with Crippen LogP contribution in [0, 0.1) is 5.41 Å². The average Bonchev–Trinajstić information content (AvgIpc) is 2.72. The van der Waals surface area contributed by atoms with Crippen LogP contribution in [0.15, 0.2) is 12.1 Å². The molecule has 2 saturated heterocycles. The van der Waals surface area contributed by atoms with Gasteiger partial charge in [-0.05, 0) is 58.9 Å². The number of hydrogen-bond acceptors (Lipinski definition) is 6. The number of aliphatic hydroxyl groups is 1. The molecule has 0 bridgehead atoms. The molecule has 1 amide bonds. The highest BCUT2D eigenvalue weighted by atomic mass is 35.5. The predicted molar refractivity (Wildman–Crippen MR) is 118 cm³/mol. The van der Waals surface area contributed by atoms with Gasteiger partial charge in [-0.25, -0.2) is 9.78 Å². The number of pyridine rings is 1. The zero-order chi connectivity index (χ0) is 22.6. The quantitative estimate of drug-likeness (QED) is 0.640. The van der Waals surface area contributed by atoms with Crippen LogP contribution in [0.5, 0.6) is 0 Å². The lowest BCUT2D eigenvalue weighted by atomic mass is 9.73. The Balaban J connectivity index is 1.57. The summed E-state index contributed by atoms with van der Waals surface area (Å²) in [7, 11) is 0. The molecule has 2 atom stereocenters. The number of likely N-dealkylation sites (tertiary alicyclic amines) is 1. The Bertz CT molecular complexity index is 753. The van der Waals surface area contributed by atoms with E-state index in [2.05, 4.69) is 4.98 Å². The summed E-state index contributed by atoms with van der Waals surface area (Å²) in [6, 6.07) is 3.67. The first-order valence-electron chi connectivity index (χ1n) is 11.1. The van der Waals surface area contributed by atoms with Crippen LogP contribution in [0.2, 0.25) is 5.15 Å². The SMILES string of the molecule is CC(C)(C)OC(=O)N1CCC(C)(C(O)c2ccc(COC3CCCCO3)nc2Cl)CC1. The Morgan fingerprint density at radius 2 is 2.06 bits per heavy atom. The molecule has 0 radical (unpaired) electrons. The average molecular weight is 455 g/mol. The van der Waals surface area contributed by atoms with Crippen molar-refractivity contribution < 1.29 is 24.1 Å². The summed E-state index contributed by atoms with van der Waals surface area (Å²) < 4.78 is 16.8. The van der Waals surface area contributed by atoms with Crippen molar-refractivity contribution in [2.24, 2.45) is 5.41 Å². The molecule has 8 heteroatoms. The molecule has 174 valence electrons. The summed E-state index contributed by atoms with van der Waals surface area (Å²) in [6.07, 6.45) is 3.09. The van der Waals surface area contributed by atoms with Crippen molar-refractivity contribution in [3.05, 3.63) is 28.5 Å². The van der Waals surface area contributed by atoms with Crippen molar-refractivity contribution in [1.29, 1.82) is 0 Å². The van der Waals surface area contributed by atoms with E-state index in [0.29, 0.717) is 43.8 Å². The monoisotopic (exact) mass is 454 g/mol. The fraction of sp³-hybridized carbons (Fsp3) is 0.739. The second-order valence-electron chi connectivity index (χ2n) is 9.81. The Morgan fingerprint density at radius 1 is 1.35 bits per heavy atom. The Labute approximate surface area is 190 Å². The summed E-state index contributed by atoms with van der Waals surface area (Å²) in [5.41, 5.74) is 0.385. The maximum absolute atomic E-state index is 12.3. The molecule has 3 rings (SSSR count). The van der Waals surface area contributed by atoms with Gasteiger partial charge in [-0.15, -0.1) is 0 Å². The van der Waals surface area contributed by atoms with Crippen LogP contribution in [-0.2, 0) is 20.8 Å². The highest BCUT2D eigenvalue weighted by molar-refractivity contribution is 6.30. The maximum Gasteiger partial charge on any atom is 0.410 e. The fourth-order valence-electron chi connectivity index (χ4n) is 3.96. The van der Waals surface area contributed by atoms with Gasteiger partial charge in [0.2, 0.25) is 0 Å². The van der Waals surface area contributed by atoms with Gasteiger partial charge < -0.3 is 24.2 Å². The zero-order valence-corrected chi connectivity index (χ0v) is 19.8. The van der Waals surface area contributed by atoms with Crippen molar-refractivity contribution in [3.63, 3.8) is 0 Å². The Kier molecular flexibility index (Phi) is 7.84. The molecule has 2 aliphatic heterocycles. The lowest BCUT2D eigenvalue weighted by molar-refractivity contribution is -0.169. The van der Waals surface area contributed by atoms with Gasteiger partial charge in [0.15, 0.2) is 6.29 Å². The lowest BCUT2D eigenvalue weighted by Gasteiger charge is -2.42. The molecule has 3 heterocycles. The fourth-order valence-corrected chi connectivity index (χ4v) is 4.24. The van der Waals surface area contributed by atoms with Crippen LogP contribution in [0.3, 0.4) is 0 Å². The van der Waals surface area contributed by atoms with Crippen molar-refractivity contribution in [1.82, 2.24) is 9.88 Å². The van der Waals surface area contributed by atoms with Crippen LogP contribution in [0.1, 0.15) is 77.2 Å². The van der Waals surface area contributed by atoms with Crippen molar-refractivity contribution in [2.45, 2.75) is 84.4 Å². The molecule has 2 aliphatic rings. The van der Waals surface area contributed by atoms with Gasteiger partial charge in [0, 0.05) is 30.7 Å². The third-order valence-electron chi connectivity index (χ3n) is 6.00. The van der Waals surface area contributed by atoms with Crippen molar-refractivity contribution in [2.75, 3.05) is 19.7 Å². The first kappa shape index (κ1) is 24.2. The topological polar surface area (TPSA) is 81.1 Å². The second-order valence-corrected chi connectivity index (χ2v) is 10.2. The van der Waals surface area contributed by atoms with E-state index < -0.39 is 17.1 Å². The van der Waals surface area contributed by atoms with E-state index in [9.17, 15) is 9.90 Å². The molecule has 7 nitrogen and oxygen atoms in total. The van der Waals surface area contributed by atoms with Crippen LogP contribution in [0.25, 0.3) is 0 Å². The zero-order valence-electron chi connectivity index (χ0n) is 19.0. The lowest BCUT2D eigenvalue weighted by Crippen LogP contribution is -2.46. The number of hydrogen-bond donors (Lipinski definition) is 1. The minimum absolute atomic E-state index is 0.186. The van der Waals surface area contributed by atoms with Gasteiger partial charge in [0.25, 0.3) is 0 Å². The van der Waals surface area contributed by atoms with Crippen LogP contribution in [-0.4, -0.2) is 52.7 Å². The molecule has 2 unspecified atom stereocenters. The van der Waals surface area contributed by atoms with Gasteiger partial charge in [0.05, 0.1) is 18.4 Å². The Morgan fingerprint density at radius 3 is 2.65 bits per heavy atom. The van der Waals surface area contributed by atoms with E-state index in [0.717, 1.165) is 25.9 Å². The van der Waals surface area contributed by atoms with Gasteiger partial charge in [0.1, 0.15) is 10.8 Å². The first-order valence-corrected chi connectivity index (χ1v) is 11.5. The molecule has 0 aliphatic carbocycles. The van der Waals surface area contributed by atoms with E-state index >= 15 is 0 Å². The van der Waals surface area contributed by atoms with Crippen molar-refractivity contribution in [3.8, 4) is 0 Å². The van der Waals surface area contributed by atoms with Crippen molar-refractivity contribution >= 4 is 17.7 Å². The number of ether oxygens (including phenoxy) is 3. The maximum atomic E-state index is 12.3. The molecule has 0 saturated carbocycles. The normalized spacial score (nSPS) is 22.8. The van der Waals surface area contributed by atoms with E-state index in [1.165, 1.54) is 0 Å². The molecule has 31 heavy (non-hydrogen) atoms. The number of piperidine rings is 1. The summed E-state index contributed by atoms with van der Waals surface area (Å²) >= 11 is 6.44. The van der Waals surface area contributed by atoms with E-state index in [1.807, 2.05) is 39.8 Å². The molecule has 2 fully saturated rings. The largest absolute Gasteiger partial charge is 0.444 e. The molecule has 0 aromatic carbocycles. The van der Waals surface area contributed by atoms with Crippen LogP contribution >= 0.6 is 11.6 Å². The number of carbonyl (C=O) groups is 1. The third-order valence-corrected chi connectivity index (χ3v) is 6.31. The highest BCUT2D eigenvalue weighted by Gasteiger charge is 2.40. The van der Waals surface area contributed by atoms with Gasteiger partial charge in [-0.1, -0.05) is 24.6 Å². The predicted octanol–water partition coefficient (Wildman–Crippen LogP) is 4.85. The summed E-state index contributed by atoms with van der Waals surface area (Å²) in [6.45, 7) is 9.70. The minimum atomic E-state index is -0.773. The molecular weight excluding hydrogens is 420 g/mol. The number of aliphatic hydroxyl groups excluding tert-OH is 1. The smallest absolute Gasteiger partial charge is 0.410 e. The first-order chi connectivity index (χ1) is 14.6. The van der Waals surface area contributed by atoms with E-state index in [4.69, 9.17) is 25.8 Å². The number of carbonyl (C=O) groups excluding carboxylic acids is 1. The molecule has 1 N–H and O–H groups in total. The molecular formula is C23H35ClN2O5. The molecule has 0 spiro atoms.